The summed E-state index contributed by atoms with van der Waals surface area (Å²) in [5.74, 6) is -1.76. The minimum absolute atomic E-state index is 0.0174. The van der Waals surface area contributed by atoms with E-state index in [1.54, 1.807) is 11.8 Å². The molecule has 41 heavy (non-hydrogen) atoms. The van der Waals surface area contributed by atoms with E-state index in [1.165, 1.54) is 0 Å². The molecule has 0 amide bonds. The molecular weight excluding hydrogens is 542 g/mol. The molecule has 1 aromatic carbocycles. The summed E-state index contributed by atoms with van der Waals surface area (Å²) in [4.78, 5) is 17.9. The van der Waals surface area contributed by atoms with Crippen LogP contribution in [0.25, 0.3) is 10.4 Å². The van der Waals surface area contributed by atoms with Crippen LogP contribution in [0.3, 0.4) is 0 Å². The van der Waals surface area contributed by atoms with E-state index in [0.717, 1.165) is 17.7 Å². The fourth-order valence-corrected chi connectivity index (χ4v) is 8.51. The van der Waals surface area contributed by atoms with Crippen LogP contribution in [0.5, 0.6) is 0 Å². The lowest BCUT2D eigenvalue weighted by atomic mass is 9.81. The first-order valence-corrected chi connectivity index (χ1v) is 16.1. The van der Waals surface area contributed by atoms with Gasteiger partial charge in [0.15, 0.2) is 17.4 Å². The van der Waals surface area contributed by atoms with E-state index >= 15 is 0 Å². The fraction of sp³-hybridized carbons (Fsp3) is 0.774. The molecule has 12 atom stereocenters. The van der Waals surface area contributed by atoms with E-state index in [1.807, 2.05) is 32.0 Å². The van der Waals surface area contributed by atoms with Crippen LogP contribution in [0.2, 0.25) is 0 Å². The summed E-state index contributed by atoms with van der Waals surface area (Å²) in [7, 11) is 0. The molecule has 0 radical (unpaired) electrons. The summed E-state index contributed by atoms with van der Waals surface area (Å²) in [6.07, 6.45) is 1.90. The molecule has 4 aliphatic rings. The van der Waals surface area contributed by atoms with Crippen LogP contribution in [-0.2, 0) is 23.7 Å². The second-order valence-corrected chi connectivity index (χ2v) is 14.4. The zero-order valence-corrected chi connectivity index (χ0v) is 25.7. The Balaban J connectivity index is 1.27. The van der Waals surface area contributed by atoms with Crippen molar-refractivity contribution in [2.75, 3.05) is 6.54 Å². The number of fused-ring (bicyclic) bond motifs is 4. The van der Waals surface area contributed by atoms with Gasteiger partial charge in [-0.15, -0.1) is 0 Å². The van der Waals surface area contributed by atoms with E-state index in [4.69, 9.17) is 24.5 Å². The third-order valence-electron chi connectivity index (χ3n) is 9.34. The Hall–Kier alpha value is -1.65. The molecule has 5 rings (SSSR count). The van der Waals surface area contributed by atoms with Gasteiger partial charge in [-0.25, -0.2) is 0 Å². The second-order valence-electron chi connectivity index (χ2n) is 13.2. The Labute approximate surface area is 247 Å². The molecule has 9 nitrogen and oxygen atoms in total. The number of thioether (sulfide) groups is 1. The van der Waals surface area contributed by atoms with Gasteiger partial charge in [0.05, 0.1) is 18.6 Å². The van der Waals surface area contributed by atoms with Crippen LogP contribution in [0.4, 0.5) is 0 Å². The Bertz CT molecular complexity index is 1120. The maximum absolute atomic E-state index is 13.9. The number of ether oxygens (including phenoxy) is 4. The highest BCUT2D eigenvalue weighted by atomic mass is 32.2. The lowest BCUT2D eigenvalue weighted by molar-refractivity contribution is -0.367. The molecule has 0 unspecified atom stereocenters. The maximum Gasteiger partial charge on any atom is 0.176 e. The van der Waals surface area contributed by atoms with Crippen molar-refractivity contribution in [2.24, 2.45) is 34.7 Å². The molecule has 0 saturated carbocycles. The molecule has 1 N–H and O–H groups in total. The zero-order chi connectivity index (χ0) is 29.4. The van der Waals surface area contributed by atoms with Crippen molar-refractivity contribution in [1.82, 2.24) is 0 Å². The molecule has 4 saturated heterocycles. The van der Waals surface area contributed by atoms with Gasteiger partial charge in [0.2, 0.25) is 0 Å². The SMILES string of the molecule is C[C@H](CN=[N+]=[N-])C[C@@H](C)[C@@]1(O)C[C@@H]2O[C@@]3(CC(=O)[C@H]4O[C@@H](Sc5ccccc5)[C@@H](C)C[C@H]4C)C[C@H](C)C[C@H](O3)[C@@H]2O1. The average molecular weight is 588 g/mol. The van der Waals surface area contributed by atoms with Crippen LogP contribution in [0, 0.1) is 29.6 Å². The normalized spacial score (nSPS) is 41.6. The monoisotopic (exact) mass is 587 g/mol. The molecule has 10 heteroatoms. The van der Waals surface area contributed by atoms with Gasteiger partial charge in [-0.3, -0.25) is 4.79 Å². The largest absolute Gasteiger partial charge is 0.365 e. The molecule has 1 aromatic rings. The number of aliphatic hydroxyl groups is 1. The van der Waals surface area contributed by atoms with Crippen molar-refractivity contribution in [1.29, 1.82) is 0 Å². The van der Waals surface area contributed by atoms with Crippen LogP contribution in [0.1, 0.15) is 73.1 Å². The van der Waals surface area contributed by atoms with Crippen molar-refractivity contribution in [2.45, 2.75) is 119 Å². The minimum atomic E-state index is -1.37. The zero-order valence-electron chi connectivity index (χ0n) is 24.8. The first-order valence-electron chi connectivity index (χ1n) is 15.2. The van der Waals surface area contributed by atoms with Gasteiger partial charge >= 0.3 is 0 Å². The number of carbonyl (C=O) groups is 1. The summed E-state index contributed by atoms with van der Waals surface area (Å²) < 4.78 is 26.0. The third kappa shape index (κ3) is 6.80. The van der Waals surface area contributed by atoms with Crippen molar-refractivity contribution in [3.8, 4) is 0 Å². The highest BCUT2D eigenvalue weighted by Crippen LogP contribution is 2.51. The minimum Gasteiger partial charge on any atom is -0.365 e. The molecule has 2 bridgehead atoms. The van der Waals surface area contributed by atoms with Gasteiger partial charge in [-0.2, -0.15) is 0 Å². The van der Waals surface area contributed by atoms with Gasteiger partial charge in [0, 0.05) is 35.1 Å². The number of azide groups is 1. The van der Waals surface area contributed by atoms with Gasteiger partial charge in [0.25, 0.3) is 0 Å². The smallest absolute Gasteiger partial charge is 0.176 e. The topological polar surface area (TPSA) is 123 Å². The van der Waals surface area contributed by atoms with E-state index in [0.29, 0.717) is 31.7 Å². The lowest BCUT2D eigenvalue weighted by Crippen LogP contribution is -2.60. The molecule has 0 aliphatic carbocycles. The van der Waals surface area contributed by atoms with Gasteiger partial charge in [-0.1, -0.05) is 69.7 Å². The number of rotatable bonds is 10. The fourth-order valence-electron chi connectivity index (χ4n) is 7.41. The van der Waals surface area contributed by atoms with E-state index in [-0.39, 0.29) is 53.5 Å². The van der Waals surface area contributed by atoms with Crippen molar-refractivity contribution >= 4 is 17.5 Å². The number of benzene rings is 1. The number of carbonyl (C=O) groups excluding carboxylic acids is 1. The predicted octanol–water partition coefficient (Wildman–Crippen LogP) is 6.49. The number of hydrogen-bond acceptors (Lipinski definition) is 8. The summed E-state index contributed by atoms with van der Waals surface area (Å²) in [6, 6.07) is 10.2. The molecule has 226 valence electrons. The van der Waals surface area contributed by atoms with Crippen LogP contribution < -0.4 is 0 Å². The molecule has 4 heterocycles. The van der Waals surface area contributed by atoms with E-state index in [2.05, 4.69) is 42.9 Å². The number of hydrogen-bond donors (Lipinski definition) is 1. The molecular formula is C31H45N3O6S. The number of Topliss-reactive ketones (excluding diaryl/α,β-unsaturated/α-hetero) is 1. The predicted molar refractivity (Wildman–Crippen MR) is 156 cm³/mol. The molecule has 4 fully saturated rings. The Kier molecular flexibility index (Phi) is 9.41. The molecule has 4 aliphatic heterocycles. The highest BCUT2D eigenvalue weighted by molar-refractivity contribution is 7.99. The van der Waals surface area contributed by atoms with Gasteiger partial charge < -0.3 is 24.1 Å². The van der Waals surface area contributed by atoms with Crippen molar-refractivity contribution < 1.29 is 28.8 Å². The summed E-state index contributed by atoms with van der Waals surface area (Å²) >= 11 is 1.68. The first kappa shape index (κ1) is 30.8. The second kappa shape index (κ2) is 12.5. The van der Waals surface area contributed by atoms with Crippen molar-refractivity contribution in [3.63, 3.8) is 0 Å². The lowest BCUT2D eigenvalue weighted by Gasteiger charge is -2.51. The third-order valence-corrected chi connectivity index (χ3v) is 10.7. The van der Waals surface area contributed by atoms with Crippen LogP contribution in [0.15, 0.2) is 40.3 Å². The average Bonchev–Trinajstić information content (AvgIpc) is 3.26. The summed E-state index contributed by atoms with van der Waals surface area (Å²) in [5.41, 5.74) is 8.55. The Morgan fingerprint density at radius 2 is 1.83 bits per heavy atom. The molecule has 0 spiro atoms. The quantitative estimate of drug-likeness (QED) is 0.189. The highest BCUT2D eigenvalue weighted by Gasteiger charge is 2.61. The van der Waals surface area contributed by atoms with E-state index < -0.39 is 23.8 Å². The van der Waals surface area contributed by atoms with E-state index in [9.17, 15) is 9.90 Å². The molecule has 0 aromatic heterocycles. The summed E-state index contributed by atoms with van der Waals surface area (Å²) in [5, 5.41) is 15.3. The first-order chi connectivity index (χ1) is 19.5. The maximum atomic E-state index is 13.9. The van der Waals surface area contributed by atoms with Crippen LogP contribution >= 0.6 is 11.8 Å². The van der Waals surface area contributed by atoms with Crippen molar-refractivity contribution in [3.05, 3.63) is 40.8 Å². The standard InChI is InChI=1S/C31H45N3O6S/c1-18-12-25-28-26(16-31(36,40-28)22(5)11-19(2)17-33-34-32)39-30(14-18,38-25)15-24(35)27-20(3)13-21(4)29(37-27)41-23-9-7-6-8-10-23/h6-10,18-22,25-29,36H,11-17H2,1-5H3/t18-,19+,20-,21+,22-,25+,26+,27+,28+,29+,30-,31-/m1/s1. The van der Waals surface area contributed by atoms with Gasteiger partial charge in [-0.05, 0) is 60.6 Å². The Morgan fingerprint density at radius 1 is 1.10 bits per heavy atom. The number of ketones is 1. The Morgan fingerprint density at radius 3 is 2.56 bits per heavy atom. The van der Waals surface area contributed by atoms with Crippen LogP contribution in [-0.4, -0.2) is 58.9 Å². The van der Waals surface area contributed by atoms with Gasteiger partial charge in [0.1, 0.15) is 17.6 Å². The number of nitrogens with zero attached hydrogens (tertiary/aromatic N) is 3. The summed E-state index contributed by atoms with van der Waals surface area (Å²) in [6.45, 7) is 10.8.